The Morgan fingerprint density at radius 2 is 0.622 bits per heavy atom. The number of carbonyl (C=O) groups is 12. The van der Waals surface area contributed by atoms with Crippen LogP contribution in [0.25, 0.3) is 0 Å². The highest BCUT2D eigenvalue weighted by Crippen LogP contribution is 2.36. The number of carbonyl (C=O) groups excluding carboxylic acids is 8. The average Bonchev–Trinajstić information content (AvgIpc) is 1.59. The number of nitrogens with one attached hydrogen (secondary N) is 10. The molecule has 3 heterocycles. The molecule has 0 unspecified atom stereocenters. The lowest BCUT2D eigenvalue weighted by molar-refractivity contribution is -0.140. The maximum absolute atomic E-state index is 12.9. The maximum Gasteiger partial charge on any atom is 0.326 e. The number of hydrogen-bond acceptors (Lipinski definition) is 21. The minimum Gasteiger partial charge on any atom is -0.480 e. The Bertz CT molecular complexity index is 6080. The molecule has 4 fully saturated rings. The second-order valence-corrected chi connectivity index (χ2v) is 39.1. The van der Waals surface area contributed by atoms with Crippen molar-refractivity contribution in [2.24, 2.45) is 50.1 Å². The topological polar surface area (TPSA) is 512 Å². The summed E-state index contributed by atoms with van der Waals surface area (Å²) >= 11 is 48.5. The number of imidazole rings is 1. The zero-order chi connectivity index (χ0) is 103. The summed E-state index contributed by atoms with van der Waals surface area (Å²) in [6, 6.07) is 43.4. The number of Topliss-reactive ketones (excluding diaryl/α,β-unsaturated/α-hetero) is 4. The molecule has 40 heteroatoms. The van der Waals surface area contributed by atoms with Gasteiger partial charge in [0.2, 0.25) is 0 Å². The van der Waals surface area contributed by atoms with Crippen molar-refractivity contribution in [1.29, 1.82) is 0 Å². The fourth-order valence-electron chi connectivity index (χ4n) is 17.9. The summed E-state index contributed by atoms with van der Waals surface area (Å²) in [6.45, 7) is 3.38. The van der Waals surface area contributed by atoms with E-state index in [2.05, 4.69) is 72.8 Å². The predicted molar refractivity (Wildman–Crippen MR) is 551 cm³/mol. The molecule has 32 nitrogen and oxygen atoms in total. The van der Waals surface area contributed by atoms with Crippen molar-refractivity contribution in [1.82, 2.24) is 52.5 Å². The summed E-state index contributed by atoms with van der Waals surface area (Å²) in [5.41, 5.74) is 17.3. The first-order chi connectivity index (χ1) is 68.5. The van der Waals surface area contributed by atoms with Crippen LogP contribution >= 0.6 is 92.8 Å². The van der Waals surface area contributed by atoms with E-state index >= 15 is 0 Å². The highest BCUT2D eigenvalue weighted by molar-refractivity contribution is 6.42. The van der Waals surface area contributed by atoms with E-state index in [4.69, 9.17) is 104 Å². The van der Waals surface area contributed by atoms with Gasteiger partial charge in [-0.3, -0.25) is 53.3 Å². The Kier molecular flexibility index (Phi) is 40.5. The summed E-state index contributed by atoms with van der Waals surface area (Å²) in [7, 11) is 0. The van der Waals surface area contributed by atoms with Crippen molar-refractivity contribution < 1.29 is 78.0 Å². The molecule has 1 aromatic heterocycles. The normalized spacial score (nSPS) is 19.0. The molecule has 9 aromatic rings. The third kappa shape index (κ3) is 32.7. The molecule has 15 rings (SSSR count). The second kappa shape index (κ2) is 53.1. The molecule has 0 spiro atoms. The quantitative estimate of drug-likeness (QED) is 0.0127. The smallest absolute Gasteiger partial charge is 0.326 e. The van der Waals surface area contributed by atoms with Crippen LogP contribution in [0.1, 0.15) is 169 Å². The van der Waals surface area contributed by atoms with Crippen LogP contribution in [-0.4, -0.2) is 193 Å². The van der Waals surface area contributed by atoms with Gasteiger partial charge < -0.3 is 84.7 Å². The Labute approximate surface area is 865 Å². The monoisotopic (exact) mass is 2110 g/mol. The first kappa shape index (κ1) is 109. The van der Waals surface area contributed by atoms with Gasteiger partial charge in [-0.2, -0.15) is 0 Å². The van der Waals surface area contributed by atoms with Gasteiger partial charge in [0.25, 0.3) is 23.6 Å². The number of aliphatic carboxylic acids is 4. The number of amides is 4. The third-order valence-corrected chi connectivity index (χ3v) is 28.0. The number of carboxylic acids is 4. The minimum absolute atomic E-state index is 0.000349. The fraction of sp³-hybridized carbons (Fsp3) is 0.359. The minimum atomic E-state index is -1.19. The van der Waals surface area contributed by atoms with Crippen molar-refractivity contribution in [3.8, 4) is 0 Å². The van der Waals surface area contributed by atoms with E-state index in [9.17, 15) is 78.0 Å². The number of benzene rings is 8. The summed E-state index contributed by atoms with van der Waals surface area (Å²) in [4.78, 5) is 169. The molecule has 4 aliphatic carbocycles. The van der Waals surface area contributed by atoms with Crippen LogP contribution in [0.3, 0.4) is 0 Å². The maximum atomic E-state index is 12.9. The van der Waals surface area contributed by atoms with Crippen LogP contribution in [0.2, 0.25) is 40.2 Å². The number of rotatable bonds is 37. The number of nitrogens with zero attached hydrogens (tertiary/aromatic N) is 4. The zero-order valence-corrected chi connectivity index (χ0v) is 83.6. The molecule has 6 aliphatic rings. The van der Waals surface area contributed by atoms with Crippen molar-refractivity contribution in [3.63, 3.8) is 0 Å². The first-order valence-corrected chi connectivity index (χ1v) is 49.8. The predicted octanol–water partition coefficient (Wildman–Crippen LogP) is 14.4. The number of H-pyrrole nitrogens is 1. The van der Waals surface area contributed by atoms with E-state index in [1.807, 2.05) is 36.4 Å². The molecule has 18 N–H and O–H groups in total. The number of carboxylic acid groups (broad SMARTS) is 4. The Morgan fingerprint density at radius 3 is 0.881 bits per heavy atom. The van der Waals surface area contributed by atoms with Crippen molar-refractivity contribution >= 4 is 187 Å². The molecular formula is C103H110Cl8N16O16. The number of halogens is 8. The van der Waals surface area contributed by atoms with E-state index < -0.39 is 71.7 Å². The summed E-state index contributed by atoms with van der Waals surface area (Å²) in [5, 5.41) is 66.2. The molecule has 4 saturated carbocycles. The van der Waals surface area contributed by atoms with Crippen molar-refractivity contribution in [2.45, 2.75) is 183 Å². The van der Waals surface area contributed by atoms with Crippen molar-refractivity contribution in [2.75, 3.05) is 31.5 Å². The lowest BCUT2D eigenvalue weighted by atomic mass is 9.95. The highest BCUT2D eigenvalue weighted by Gasteiger charge is 2.37. The van der Waals surface area contributed by atoms with Crippen molar-refractivity contribution in [3.05, 3.63) is 289 Å². The van der Waals surface area contributed by atoms with Crippen LogP contribution in [0, 0.1) is 23.7 Å². The number of aromatic nitrogens is 2. The number of anilines is 1. The van der Waals surface area contributed by atoms with E-state index in [1.165, 1.54) is 48.5 Å². The van der Waals surface area contributed by atoms with Gasteiger partial charge in [0, 0.05) is 125 Å². The first-order valence-electron chi connectivity index (χ1n) is 46.8. The number of aliphatic imine (C=N–C) groups is 3. The SMILES string of the molecule is NC(N)=N[C@H]1CC[C@@H](C(=O)Cc2ccc(C[C@H](NC(=O)c3c(Cl)cccc3Cl)C(=O)O)cc2)C1.O=C(N[C@@H](Cc1ccc(CC(=O)[C@@H]2CC[C@H](NC3=NCCCN3)C2)cc1)C(=O)O)c1c(Cl)cccc1Cl.O=C(N[C@@H](Cc1ccc(CC(=O)[C@@H]2CC[C@H](NC3=NCCN3)C2)cc1)C(=O)O)c1c(Cl)cccc1Cl.O=C(N[C@@H](Cc1ccc(CC(=O)[C@@H]2CC[C@H](Nc3ncc[nH]3)C2)cc1)C(=O)O)c1c(Cl)cccc1Cl. The van der Waals surface area contributed by atoms with Gasteiger partial charge in [-0.25, -0.2) is 24.2 Å². The van der Waals surface area contributed by atoms with E-state index in [1.54, 1.807) is 97.3 Å². The van der Waals surface area contributed by atoms with Gasteiger partial charge in [-0.05, 0) is 177 Å². The lowest BCUT2D eigenvalue weighted by Crippen LogP contribution is -2.45. The standard InChI is InChI=1S/C27H30Cl2N4O4.C26H28Cl2N4O4.C26H26Cl2N4O4.C24H26Cl2N4O4/c28-20-3-1-4-21(29)24(20)25(35)33-22(26(36)37)13-16-5-7-17(8-6-16)14-23(34)18-9-10-19(15-18)32-27-30-11-2-12-31-27;2*27-19-2-1-3-20(28)23(19)24(34)32-21(25(35)36)12-15-4-6-16(7-5-15)13-22(33)17-8-9-18(14-17)31-26-29-10-11-30-26;25-17-2-1-3-18(26)21(17)22(32)30-19(23(33)34)10-13-4-6-14(7-5-13)11-20(31)15-8-9-16(12-15)29-24(27)28/h1,3-8,18-19,22H,2,9-15H2,(H,33,35)(H,36,37)(H2,30,31,32);1-7,17-18,21H,8-14H2,(H,32,34)(H,35,36)(H2,29,30,31);1-7,10-11,17-18,21H,8-9,12-14H2,(H,32,34)(H,35,36)(H2,29,30,31);1-7,15-16,19H,8-12H2,(H,30,32)(H,33,34)(H4,27,28,29)/t18-,19+,22+;2*17-,18+,21+;15-,16+,19+/m1111/s1. The molecule has 754 valence electrons. The summed E-state index contributed by atoms with van der Waals surface area (Å²) in [5.74, 6) is -4.20. The summed E-state index contributed by atoms with van der Waals surface area (Å²) in [6.07, 6.45) is 15.9. The van der Waals surface area contributed by atoms with Gasteiger partial charge in [-0.1, -0.05) is 214 Å². The largest absolute Gasteiger partial charge is 0.480 e. The molecule has 0 saturated heterocycles. The molecule has 4 amide bonds. The fourth-order valence-corrected chi connectivity index (χ4v) is 20.2. The molecule has 0 radical (unpaired) electrons. The number of hydrogen-bond donors (Lipinski definition) is 16. The molecular weight excluding hydrogens is 2000 g/mol. The Morgan fingerprint density at radius 1 is 0.350 bits per heavy atom. The molecule has 8 aromatic carbocycles. The zero-order valence-electron chi connectivity index (χ0n) is 77.6. The van der Waals surface area contributed by atoms with Crippen LogP contribution < -0.4 is 59.3 Å². The summed E-state index contributed by atoms with van der Waals surface area (Å²) < 4.78 is 0. The van der Waals surface area contributed by atoms with Gasteiger partial charge >= 0.3 is 23.9 Å². The number of aromatic amines is 1. The number of nitrogens with two attached hydrogens (primary N) is 2. The van der Waals surface area contributed by atoms with Crippen LogP contribution in [0.4, 0.5) is 5.95 Å². The Balaban J connectivity index is 0.000000170. The van der Waals surface area contributed by atoms with E-state index in [-0.39, 0.29) is 171 Å². The second-order valence-electron chi connectivity index (χ2n) is 35.9. The van der Waals surface area contributed by atoms with Gasteiger partial charge in [0.1, 0.15) is 47.3 Å². The number of guanidine groups is 3. The van der Waals surface area contributed by atoms with Gasteiger partial charge in [0.15, 0.2) is 23.8 Å². The van der Waals surface area contributed by atoms with E-state index in [0.29, 0.717) is 36.8 Å². The van der Waals surface area contributed by atoms with Crippen LogP contribution in [0.5, 0.6) is 0 Å². The average molecular weight is 2110 g/mol. The third-order valence-electron chi connectivity index (χ3n) is 25.5. The Hall–Kier alpha value is -12.7. The van der Waals surface area contributed by atoms with Crippen LogP contribution in [-0.2, 0) is 89.7 Å². The lowest BCUT2D eigenvalue weighted by Gasteiger charge is -2.20. The molecule has 12 atom stereocenters. The molecule has 2 aliphatic heterocycles. The molecule has 0 bridgehead atoms. The van der Waals surface area contributed by atoms with Gasteiger partial charge in [0.05, 0.1) is 75.0 Å². The van der Waals surface area contributed by atoms with Gasteiger partial charge in [-0.15, -0.1) is 0 Å². The van der Waals surface area contributed by atoms with E-state index in [0.717, 1.165) is 154 Å². The highest BCUT2D eigenvalue weighted by atomic mass is 35.5. The molecule has 143 heavy (non-hydrogen) atoms. The van der Waals surface area contributed by atoms with Crippen LogP contribution in [0.15, 0.2) is 197 Å². The number of ketones is 4.